The van der Waals surface area contributed by atoms with E-state index in [-0.39, 0.29) is 5.60 Å². The van der Waals surface area contributed by atoms with E-state index in [0.717, 1.165) is 24.1 Å². The lowest BCUT2D eigenvalue weighted by molar-refractivity contribution is 0.0123. The summed E-state index contributed by atoms with van der Waals surface area (Å²) in [7, 11) is 3.47. The number of methoxy groups -OCH3 is 2. The highest BCUT2D eigenvalue weighted by Gasteiger charge is 2.16. The van der Waals surface area contributed by atoms with Gasteiger partial charge in [0, 0.05) is 25.2 Å². The van der Waals surface area contributed by atoms with Gasteiger partial charge in [-0.05, 0) is 38.5 Å². The van der Waals surface area contributed by atoms with Gasteiger partial charge >= 0.3 is 0 Å². The SMILES string of the molecule is COc1cccc2c1ccn2CCC(C)(C)OC. The van der Waals surface area contributed by atoms with Crippen LogP contribution < -0.4 is 4.74 Å². The molecular formula is C15H21NO2. The van der Waals surface area contributed by atoms with Crippen molar-refractivity contribution >= 4 is 10.9 Å². The van der Waals surface area contributed by atoms with Crippen LogP contribution in [0, 0.1) is 0 Å². The second-order valence-corrected chi connectivity index (χ2v) is 5.12. The number of benzene rings is 1. The Morgan fingerprint density at radius 2 is 1.94 bits per heavy atom. The quantitative estimate of drug-likeness (QED) is 0.807. The van der Waals surface area contributed by atoms with Gasteiger partial charge in [-0.15, -0.1) is 0 Å². The van der Waals surface area contributed by atoms with Crippen molar-refractivity contribution in [3.05, 3.63) is 30.5 Å². The Bertz CT molecular complexity index is 528. The number of hydrogen-bond donors (Lipinski definition) is 0. The van der Waals surface area contributed by atoms with Gasteiger partial charge in [-0.1, -0.05) is 6.07 Å². The number of ether oxygens (including phenoxy) is 2. The highest BCUT2D eigenvalue weighted by atomic mass is 16.5. The molecule has 0 spiro atoms. The third kappa shape index (κ3) is 2.51. The Morgan fingerprint density at radius 1 is 1.17 bits per heavy atom. The fourth-order valence-corrected chi connectivity index (χ4v) is 2.06. The van der Waals surface area contributed by atoms with Crippen LogP contribution in [0.5, 0.6) is 5.75 Å². The molecule has 0 bridgehead atoms. The topological polar surface area (TPSA) is 23.4 Å². The molecule has 1 aromatic carbocycles. The van der Waals surface area contributed by atoms with Crippen molar-refractivity contribution < 1.29 is 9.47 Å². The van der Waals surface area contributed by atoms with E-state index < -0.39 is 0 Å². The summed E-state index contributed by atoms with van der Waals surface area (Å²) >= 11 is 0. The maximum atomic E-state index is 5.45. The Kier molecular flexibility index (Phi) is 3.62. The fourth-order valence-electron chi connectivity index (χ4n) is 2.06. The summed E-state index contributed by atoms with van der Waals surface area (Å²) in [5.74, 6) is 0.928. The van der Waals surface area contributed by atoms with E-state index in [2.05, 4.69) is 36.7 Å². The zero-order valence-corrected chi connectivity index (χ0v) is 11.6. The minimum absolute atomic E-state index is 0.0878. The first kappa shape index (κ1) is 13.0. The minimum Gasteiger partial charge on any atom is -0.496 e. The highest BCUT2D eigenvalue weighted by Crippen LogP contribution is 2.27. The summed E-state index contributed by atoms with van der Waals surface area (Å²) in [5.41, 5.74) is 1.12. The van der Waals surface area contributed by atoms with Crippen molar-refractivity contribution in [3.8, 4) is 5.75 Å². The molecule has 0 unspecified atom stereocenters. The highest BCUT2D eigenvalue weighted by molar-refractivity contribution is 5.86. The van der Waals surface area contributed by atoms with Gasteiger partial charge in [0.2, 0.25) is 0 Å². The lowest BCUT2D eigenvalue weighted by Gasteiger charge is -2.23. The average molecular weight is 247 g/mol. The molecule has 0 amide bonds. The van der Waals surface area contributed by atoms with Gasteiger partial charge < -0.3 is 14.0 Å². The number of aryl methyl sites for hydroxylation is 1. The van der Waals surface area contributed by atoms with E-state index in [4.69, 9.17) is 9.47 Å². The predicted molar refractivity (Wildman–Crippen MR) is 74.2 cm³/mol. The molecular weight excluding hydrogens is 226 g/mol. The normalized spacial score (nSPS) is 12.0. The summed E-state index contributed by atoms with van der Waals surface area (Å²) in [5, 5.41) is 1.16. The monoisotopic (exact) mass is 247 g/mol. The molecule has 0 fully saturated rings. The molecule has 2 aromatic rings. The first-order valence-corrected chi connectivity index (χ1v) is 6.24. The lowest BCUT2D eigenvalue weighted by Crippen LogP contribution is -2.24. The molecule has 0 aliphatic heterocycles. The predicted octanol–water partition coefficient (Wildman–Crippen LogP) is 3.47. The first-order valence-electron chi connectivity index (χ1n) is 6.24. The maximum Gasteiger partial charge on any atom is 0.128 e. The molecule has 18 heavy (non-hydrogen) atoms. The molecule has 3 heteroatoms. The van der Waals surface area contributed by atoms with Crippen LogP contribution in [0.3, 0.4) is 0 Å². The molecule has 1 aromatic heterocycles. The summed E-state index contributed by atoms with van der Waals surface area (Å²) < 4.78 is 13.1. The summed E-state index contributed by atoms with van der Waals surface area (Å²) in [6.45, 7) is 5.16. The second-order valence-electron chi connectivity index (χ2n) is 5.12. The molecule has 3 nitrogen and oxygen atoms in total. The fraction of sp³-hybridized carbons (Fsp3) is 0.467. The van der Waals surface area contributed by atoms with Crippen LogP contribution in [0.2, 0.25) is 0 Å². The van der Waals surface area contributed by atoms with Crippen LogP contribution in [0.1, 0.15) is 20.3 Å². The van der Waals surface area contributed by atoms with E-state index in [1.54, 1.807) is 14.2 Å². The summed E-state index contributed by atoms with van der Waals surface area (Å²) in [6, 6.07) is 8.25. The Hall–Kier alpha value is -1.48. The molecule has 0 aliphatic carbocycles. The lowest BCUT2D eigenvalue weighted by atomic mass is 10.1. The standard InChI is InChI=1S/C15H21NO2/c1-15(2,18-4)9-11-16-10-8-12-13(16)6-5-7-14(12)17-3/h5-8,10H,9,11H2,1-4H3. The van der Waals surface area contributed by atoms with Crippen molar-refractivity contribution in [2.75, 3.05) is 14.2 Å². The van der Waals surface area contributed by atoms with E-state index in [0.29, 0.717) is 0 Å². The van der Waals surface area contributed by atoms with Crippen LogP contribution in [0.15, 0.2) is 30.5 Å². The van der Waals surface area contributed by atoms with Gasteiger partial charge in [0.05, 0.1) is 18.2 Å². The second kappa shape index (κ2) is 5.02. The van der Waals surface area contributed by atoms with Crippen LogP contribution in [0.25, 0.3) is 10.9 Å². The van der Waals surface area contributed by atoms with Crippen molar-refractivity contribution in [2.45, 2.75) is 32.4 Å². The zero-order valence-electron chi connectivity index (χ0n) is 11.6. The molecule has 98 valence electrons. The molecule has 2 rings (SSSR count). The number of fused-ring (bicyclic) bond motifs is 1. The van der Waals surface area contributed by atoms with E-state index in [1.165, 1.54) is 5.52 Å². The third-order valence-corrected chi connectivity index (χ3v) is 3.50. The number of aromatic nitrogens is 1. The van der Waals surface area contributed by atoms with Gasteiger partial charge in [0.15, 0.2) is 0 Å². The molecule has 1 heterocycles. The van der Waals surface area contributed by atoms with Crippen LogP contribution in [-0.2, 0) is 11.3 Å². The average Bonchev–Trinajstić information content (AvgIpc) is 2.79. The number of nitrogens with zero attached hydrogens (tertiary/aromatic N) is 1. The van der Waals surface area contributed by atoms with Crippen molar-refractivity contribution in [2.24, 2.45) is 0 Å². The molecule has 0 radical (unpaired) electrons. The molecule has 0 saturated carbocycles. The van der Waals surface area contributed by atoms with Crippen molar-refractivity contribution in [3.63, 3.8) is 0 Å². The molecule has 0 N–H and O–H groups in total. The van der Waals surface area contributed by atoms with Gasteiger partial charge in [-0.25, -0.2) is 0 Å². The van der Waals surface area contributed by atoms with Crippen LogP contribution in [-0.4, -0.2) is 24.4 Å². The number of rotatable bonds is 5. The zero-order chi connectivity index (χ0) is 13.2. The van der Waals surface area contributed by atoms with Gasteiger partial charge in [0.1, 0.15) is 5.75 Å². The van der Waals surface area contributed by atoms with Crippen LogP contribution >= 0.6 is 0 Å². The Morgan fingerprint density at radius 3 is 2.61 bits per heavy atom. The number of hydrogen-bond acceptors (Lipinski definition) is 2. The smallest absolute Gasteiger partial charge is 0.128 e. The van der Waals surface area contributed by atoms with Crippen LogP contribution in [0.4, 0.5) is 0 Å². The van der Waals surface area contributed by atoms with Crippen molar-refractivity contribution in [1.29, 1.82) is 0 Å². The largest absolute Gasteiger partial charge is 0.496 e. The van der Waals surface area contributed by atoms with E-state index in [9.17, 15) is 0 Å². The molecule has 0 aliphatic rings. The van der Waals surface area contributed by atoms with Gasteiger partial charge in [-0.2, -0.15) is 0 Å². The Labute approximate surface area is 108 Å². The van der Waals surface area contributed by atoms with E-state index in [1.807, 2.05) is 12.1 Å². The maximum absolute atomic E-state index is 5.45. The first-order chi connectivity index (χ1) is 8.57. The molecule has 0 saturated heterocycles. The molecule has 0 atom stereocenters. The summed E-state index contributed by atoms with van der Waals surface area (Å²) in [6.07, 6.45) is 3.09. The Balaban J connectivity index is 2.25. The van der Waals surface area contributed by atoms with Crippen molar-refractivity contribution in [1.82, 2.24) is 4.57 Å². The van der Waals surface area contributed by atoms with Gasteiger partial charge in [-0.3, -0.25) is 0 Å². The minimum atomic E-state index is -0.0878. The summed E-state index contributed by atoms with van der Waals surface area (Å²) in [4.78, 5) is 0. The van der Waals surface area contributed by atoms with Gasteiger partial charge in [0.25, 0.3) is 0 Å². The van der Waals surface area contributed by atoms with E-state index >= 15 is 0 Å². The third-order valence-electron chi connectivity index (χ3n) is 3.50.